The van der Waals surface area contributed by atoms with E-state index in [1.165, 1.54) is 12.0 Å². The lowest BCUT2D eigenvalue weighted by Gasteiger charge is -2.34. The molecule has 0 atom stereocenters. The van der Waals surface area contributed by atoms with Crippen LogP contribution in [-0.2, 0) is 11.3 Å². The second-order valence-corrected chi connectivity index (χ2v) is 7.50. The van der Waals surface area contributed by atoms with Gasteiger partial charge in [0.05, 0.1) is 12.1 Å². The highest BCUT2D eigenvalue weighted by Gasteiger charge is 2.34. The van der Waals surface area contributed by atoms with Crippen LogP contribution in [0.4, 0.5) is 0 Å². The number of hydrogen-bond acceptors (Lipinski definition) is 3. The summed E-state index contributed by atoms with van der Waals surface area (Å²) in [4.78, 5) is 16.8. The van der Waals surface area contributed by atoms with Gasteiger partial charge in [-0.3, -0.25) is 9.69 Å². The van der Waals surface area contributed by atoms with Crippen molar-refractivity contribution in [3.05, 3.63) is 35.9 Å². The van der Waals surface area contributed by atoms with Gasteiger partial charge in [0, 0.05) is 26.2 Å². The Morgan fingerprint density at radius 3 is 2.38 bits per heavy atom. The molecule has 1 N–H and O–H groups in total. The third kappa shape index (κ3) is 4.81. The van der Waals surface area contributed by atoms with Crippen LogP contribution in [0, 0.1) is 0 Å². The zero-order valence-corrected chi connectivity index (χ0v) is 14.6. The largest absolute Gasteiger partial charge is 0.389 e. The number of carbonyl (C=O) groups excluding carboxylic acids is 1. The molecule has 1 aromatic carbocycles. The van der Waals surface area contributed by atoms with Crippen LogP contribution in [0.1, 0.15) is 50.5 Å². The summed E-state index contributed by atoms with van der Waals surface area (Å²) in [6.45, 7) is 3.52. The molecule has 1 heterocycles. The first-order valence-corrected chi connectivity index (χ1v) is 9.41. The average Bonchev–Trinajstić information content (AvgIpc) is 3.02. The van der Waals surface area contributed by atoms with E-state index in [1.807, 2.05) is 23.1 Å². The number of carbonyl (C=O) groups is 1. The van der Waals surface area contributed by atoms with Crippen LogP contribution >= 0.6 is 0 Å². The molecule has 24 heavy (non-hydrogen) atoms. The van der Waals surface area contributed by atoms with Crippen LogP contribution in [0.15, 0.2) is 30.3 Å². The van der Waals surface area contributed by atoms with Crippen molar-refractivity contribution in [3.63, 3.8) is 0 Å². The van der Waals surface area contributed by atoms with Crippen LogP contribution in [0.5, 0.6) is 0 Å². The summed E-state index contributed by atoms with van der Waals surface area (Å²) in [5.74, 6) is 0.215. The van der Waals surface area contributed by atoms with Crippen LogP contribution in [0.25, 0.3) is 0 Å². The molecule has 0 aromatic heterocycles. The van der Waals surface area contributed by atoms with Gasteiger partial charge in [-0.25, -0.2) is 0 Å². The van der Waals surface area contributed by atoms with Crippen molar-refractivity contribution in [1.82, 2.24) is 9.80 Å². The second-order valence-electron chi connectivity index (χ2n) is 7.50. The number of piperidine rings is 1. The van der Waals surface area contributed by atoms with Gasteiger partial charge >= 0.3 is 0 Å². The lowest BCUT2D eigenvalue weighted by molar-refractivity contribution is -0.134. The average molecular weight is 330 g/mol. The molecule has 1 saturated carbocycles. The first-order chi connectivity index (χ1) is 11.6. The summed E-state index contributed by atoms with van der Waals surface area (Å²) >= 11 is 0. The lowest BCUT2D eigenvalue weighted by atomic mass is 10.0. The van der Waals surface area contributed by atoms with Crippen molar-refractivity contribution in [1.29, 1.82) is 0 Å². The summed E-state index contributed by atoms with van der Waals surface area (Å²) in [7, 11) is 0. The Kier molecular flexibility index (Phi) is 5.90. The Balaban J connectivity index is 1.65. The molecule has 0 bridgehead atoms. The van der Waals surface area contributed by atoms with E-state index in [-0.39, 0.29) is 5.91 Å². The number of nitrogens with zero attached hydrogens (tertiary/aromatic N) is 2. The van der Waals surface area contributed by atoms with Gasteiger partial charge in [0.25, 0.3) is 0 Å². The van der Waals surface area contributed by atoms with Crippen molar-refractivity contribution < 1.29 is 9.90 Å². The molecule has 1 aliphatic heterocycles. The first-order valence-electron chi connectivity index (χ1n) is 9.41. The van der Waals surface area contributed by atoms with Crippen LogP contribution in [-0.4, -0.2) is 52.6 Å². The van der Waals surface area contributed by atoms with Crippen molar-refractivity contribution in [2.75, 3.05) is 26.2 Å². The predicted molar refractivity (Wildman–Crippen MR) is 95.6 cm³/mol. The molecule has 132 valence electrons. The molecular weight excluding hydrogens is 300 g/mol. The normalized spacial score (nSPS) is 20.5. The Morgan fingerprint density at radius 1 is 1.04 bits per heavy atom. The fraction of sp³-hybridized carbons (Fsp3) is 0.650. The monoisotopic (exact) mass is 330 g/mol. The highest BCUT2D eigenvalue weighted by atomic mass is 16.3. The Bertz CT molecular complexity index is 520. The smallest absolute Gasteiger partial charge is 0.236 e. The summed E-state index contributed by atoms with van der Waals surface area (Å²) < 4.78 is 0. The zero-order chi connectivity index (χ0) is 16.8. The van der Waals surface area contributed by atoms with Gasteiger partial charge in [-0.2, -0.15) is 0 Å². The highest BCUT2D eigenvalue weighted by Crippen LogP contribution is 2.30. The molecular formula is C20H30N2O2. The first kappa shape index (κ1) is 17.4. The number of hydrogen-bond donors (Lipinski definition) is 1. The van der Waals surface area contributed by atoms with Gasteiger partial charge in [0.15, 0.2) is 0 Å². The molecule has 0 radical (unpaired) electrons. The minimum atomic E-state index is -0.614. The zero-order valence-electron chi connectivity index (χ0n) is 14.6. The maximum absolute atomic E-state index is 12.7. The number of likely N-dealkylation sites (tertiary alicyclic amines) is 1. The molecule has 1 aliphatic carbocycles. The van der Waals surface area contributed by atoms with Crippen molar-refractivity contribution in [3.8, 4) is 0 Å². The van der Waals surface area contributed by atoms with Crippen LogP contribution in [0.3, 0.4) is 0 Å². The number of amides is 1. The van der Waals surface area contributed by atoms with Gasteiger partial charge in [0.1, 0.15) is 0 Å². The summed E-state index contributed by atoms with van der Waals surface area (Å²) in [5.41, 5.74) is 0.585. The molecule has 2 aliphatic rings. The van der Waals surface area contributed by atoms with E-state index in [0.29, 0.717) is 13.1 Å². The minimum Gasteiger partial charge on any atom is -0.389 e. The topological polar surface area (TPSA) is 43.8 Å². The molecule has 0 unspecified atom stereocenters. The minimum absolute atomic E-state index is 0.215. The van der Waals surface area contributed by atoms with Gasteiger partial charge < -0.3 is 10.0 Å². The Labute approximate surface area is 145 Å². The standard InChI is InChI=1S/C20H30N2O2/c23-19(22-13-7-2-8-14-22)16-21(15-18-9-3-1-4-10-18)17-20(24)11-5-6-12-20/h1,3-4,9-10,24H,2,5-8,11-17H2. The van der Waals surface area contributed by atoms with Crippen molar-refractivity contribution >= 4 is 5.91 Å². The Hall–Kier alpha value is -1.39. The maximum atomic E-state index is 12.7. The molecule has 3 rings (SSSR count). The molecule has 4 nitrogen and oxygen atoms in total. The van der Waals surface area contributed by atoms with E-state index in [1.54, 1.807) is 0 Å². The molecule has 1 amide bonds. The van der Waals surface area contributed by atoms with Crippen molar-refractivity contribution in [2.45, 2.75) is 57.1 Å². The quantitative estimate of drug-likeness (QED) is 0.872. The van der Waals surface area contributed by atoms with Gasteiger partial charge in [0.2, 0.25) is 5.91 Å². The third-order valence-corrected chi connectivity index (χ3v) is 5.37. The van der Waals surface area contributed by atoms with Gasteiger partial charge in [-0.15, -0.1) is 0 Å². The van der Waals surface area contributed by atoms with Crippen LogP contribution in [0.2, 0.25) is 0 Å². The second kappa shape index (κ2) is 8.13. The van der Waals surface area contributed by atoms with E-state index in [2.05, 4.69) is 17.0 Å². The lowest BCUT2D eigenvalue weighted by Crippen LogP contribution is -2.47. The molecule has 1 aromatic rings. The van der Waals surface area contributed by atoms with Gasteiger partial charge in [-0.1, -0.05) is 43.2 Å². The Morgan fingerprint density at radius 2 is 1.71 bits per heavy atom. The predicted octanol–water partition coefficient (Wildman–Crippen LogP) is 2.81. The number of rotatable bonds is 6. The van der Waals surface area contributed by atoms with E-state index in [4.69, 9.17) is 0 Å². The van der Waals surface area contributed by atoms with E-state index in [9.17, 15) is 9.90 Å². The summed E-state index contributed by atoms with van der Waals surface area (Å²) in [6, 6.07) is 10.3. The fourth-order valence-corrected chi connectivity index (χ4v) is 4.05. The van der Waals surface area contributed by atoms with E-state index in [0.717, 1.165) is 58.2 Å². The highest BCUT2D eigenvalue weighted by molar-refractivity contribution is 5.78. The van der Waals surface area contributed by atoms with Crippen LogP contribution < -0.4 is 0 Å². The summed E-state index contributed by atoms with van der Waals surface area (Å²) in [5, 5.41) is 10.8. The molecule has 0 spiro atoms. The number of aliphatic hydroxyl groups is 1. The third-order valence-electron chi connectivity index (χ3n) is 5.37. The fourth-order valence-electron chi connectivity index (χ4n) is 4.05. The van der Waals surface area contributed by atoms with Gasteiger partial charge in [-0.05, 0) is 37.7 Å². The SMILES string of the molecule is O=C(CN(Cc1ccccc1)CC1(O)CCCC1)N1CCCCC1. The summed E-state index contributed by atoms with van der Waals surface area (Å²) in [6.07, 6.45) is 7.37. The maximum Gasteiger partial charge on any atom is 0.236 e. The van der Waals surface area contributed by atoms with E-state index < -0.39 is 5.60 Å². The molecule has 1 saturated heterocycles. The molecule has 4 heteroatoms. The van der Waals surface area contributed by atoms with Crippen molar-refractivity contribution in [2.24, 2.45) is 0 Å². The molecule has 2 fully saturated rings. The number of benzene rings is 1. The van der Waals surface area contributed by atoms with E-state index >= 15 is 0 Å².